The lowest BCUT2D eigenvalue weighted by Gasteiger charge is -2.34. The van der Waals surface area contributed by atoms with Gasteiger partial charge in [0, 0.05) is 25.2 Å². The van der Waals surface area contributed by atoms with Crippen LogP contribution in [0.2, 0.25) is 0 Å². The van der Waals surface area contributed by atoms with Crippen molar-refractivity contribution in [2.45, 2.75) is 66.8 Å². The number of thioether (sulfide) groups is 1. The van der Waals surface area contributed by atoms with Gasteiger partial charge < -0.3 is 13.3 Å². The van der Waals surface area contributed by atoms with Crippen molar-refractivity contribution >= 4 is 25.7 Å². The highest BCUT2D eigenvalue weighted by molar-refractivity contribution is 8.14. The Morgan fingerprint density at radius 1 is 0.944 bits per heavy atom. The summed E-state index contributed by atoms with van der Waals surface area (Å²) in [6, 6.07) is 0. The molecule has 0 aliphatic heterocycles. The zero-order valence-electron chi connectivity index (χ0n) is 12.5. The molecule has 0 N–H and O–H groups in total. The maximum Gasteiger partial charge on any atom is 0.512 e. The number of carbonyl (C=O) groups excluding carboxylic acids is 1. The molecule has 0 aromatic rings. The van der Waals surface area contributed by atoms with E-state index in [1.807, 2.05) is 41.5 Å². The molecule has 4 nitrogen and oxygen atoms in total. The molecule has 0 rings (SSSR count). The van der Waals surface area contributed by atoms with Gasteiger partial charge in [-0.2, -0.15) is 0 Å². The molecule has 0 heterocycles. The van der Waals surface area contributed by atoms with E-state index < -0.39 is 8.80 Å². The summed E-state index contributed by atoms with van der Waals surface area (Å²) >= 11 is 1.21. The molecule has 0 aliphatic rings. The minimum absolute atomic E-state index is 0.0155. The summed E-state index contributed by atoms with van der Waals surface area (Å²) in [5.74, 6) is 0. The van der Waals surface area contributed by atoms with Gasteiger partial charge in [-0.1, -0.05) is 11.8 Å². The fourth-order valence-electron chi connectivity index (χ4n) is 1.45. The number of hydrogen-bond donors (Lipinski definition) is 0. The molecule has 0 amide bonds. The summed E-state index contributed by atoms with van der Waals surface area (Å²) < 4.78 is 17.8. The highest BCUT2D eigenvalue weighted by atomic mass is 32.2. The first kappa shape index (κ1) is 18.1. The van der Waals surface area contributed by atoms with Crippen molar-refractivity contribution in [3.8, 4) is 0 Å². The highest BCUT2D eigenvalue weighted by Gasteiger charge is 2.44. The molecule has 0 atom stereocenters. The number of carbonyl (C=O) groups is 1. The van der Waals surface area contributed by atoms with Gasteiger partial charge in [0.05, 0.1) is 5.38 Å². The van der Waals surface area contributed by atoms with E-state index in [1.165, 1.54) is 11.8 Å². The summed E-state index contributed by atoms with van der Waals surface area (Å²) in [6.07, 6.45) is 0.0465. The lowest BCUT2D eigenvalue weighted by atomic mass is 10.5. The van der Waals surface area contributed by atoms with E-state index in [1.54, 1.807) is 6.92 Å². The molecule has 0 aromatic carbocycles. The predicted molar refractivity (Wildman–Crippen MR) is 77.6 cm³/mol. The van der Waals surface area contributed by atoms with Crippen LogP contribution in [-0.2, 0) is 18.1 Å². The summed E-state index contributed by atoms with van der Waals surface area (Å²) in [7, 11) is -2.81. The van der Waals surface area contributed by atoms with E-state index in [4.69, 9.17) is 13.3 Å². The van der Waals surface area contributed by atoms with E-state index in [9.17, 15) is 4.79 Å². The second-order valence-corrected chi connectivity index (χ2v) is 9.05. The zero-order chi connectivity index (χ0) is 14.3. The van der Waals surface area contributed by atoms with Crippen LogP contribution < -0.4 is 0 Å². The normalized spacial score (nSPS) is 12.8. The Morgan fingerprint density at radius 3 is 1.50 bits per heavy atom. The smallest absolute Gasteiger partial charge is 0.370 e. The van der Waals surface area contributed by atoms with Crippen molar-refractivity contribution in [2.24, 2.45) is 0 Å². The molecular weight excluding hydrogens is 268 g/mol. The van der Waals surface area contributed by atoms with Gasteiger partial charge in [-0.3, -0.25) is 4.79 Å². The minimum atomic E-state index is -2.81. The van der Waals surface area contributed by atoms with Gasteiger partial charge in [0.1, 0.15) is 0 Å². The third-order valence-corrected chi connectivity index (χ3v) is 6.59. The predicted octanol–water partition coefficient (Wildman–Crippen LogP) is 3.02. The van der Waals surface area contributed by atoms with Crippen LogP contribution in [0.1, 0.15) is 48.5 Å². The van der Waals surface area contributed by atoms with Gasteiger partial charge in [-0.05, 0) is 41.5 Å². The molecule has 0 aliphatic carbocycles. The highest BCUT2D eigenvalue weighted by Crippen LogP contribution is 2.22. The second kappa shape index (κ2) is 8.32. The van der Waals surface area contributed by atoms with Gasteiger partial charge in [0.25, 0.3) is 0 Å². The van der Waals surface area contributed by atoms with E-state index in [-0.39, 0.29) is 23.4 Å². The first-order valence-corrected chi connectivity index (χ1v) is 9.25. The third kappa shape index (κ3) is 8.26. The number of rotatable bonds is 8. The second-order valence-electron chi connectivity index (χ2n) is 4.96. The fourth-order valence-corrected chi connectivity index (χ4v) is 6.11. The van der Waals surface area contributed by atoms with Crippen molar-refractivity contribution in [1.29, 1.82) is 0 Å². The van der Waals surface area contributed by atoms with Crippen LogP contribution in [0.25, 0.3) is 0 Å². The van der Waals surface area contributed by atoms with Crippen LogP contribution >= 0.6 is 11.8 Å². The Labute approximate surface area is 116 Å². The Bertz CT molecular complexity index is 230. The molecule has 0 aromatic heterocycles. The molecule has 0 fully saturated rings. The van der Waals surface area contributed by atoms with Crippen LogP contribution in [0.4, 0.5) is 0 Å². The summed E-state index contributed by atoms with van der Waals surface area (Å²) in [5.41, 5.74) is 0. The van der Waals surface area contributed by atoms with Crippen molar-refractivity contribution in [3.63, 3.8) is 0 Å². The average Bonchev–Trinajstić information content (AvgIpc) is 2.11. The van der Waals surface area contributed by atoms with Gasteiger partial charge in [0.2, 0.25) is 0 Å². The molecule has 0 saturated carbocycles. The maximum atomic E-state index is 11.2. The lowest BCUT2D eigenvalue weighted by Crippen LogP contribution is -2.53. The molecule has 0 spiro atoms. The van der Waals surface area contributed by atoms with E-state index in [0.29, 0.717) is 5.38 Å². The Hall–Kier alpha value is 0.117. The third-order valence-electron chi connectivity index (χ3n) is 1.70. The molecular formula is C12H26O4SSi. The largest absolute Gasteiger partial charge is 0.512 e. The van der Waals surface area contributed by atoms with E-state index in [0.717, 1.165) is 0 Å². The topological polar surface area (TPSA) is 44.8 Å². The molecule has 0 saturated heterocycles. The summed E-state index contributed by atoms with van der Waals surface area (Å²) in [5, 5.41) is 0.524. The Kier molecular flexibility index (Phi) is 8.37. The summed E-state index contributed by atoms with van der Waals surface area (Å²) in [6.45, 7) is 13.3. The summed E-state index contributed by atoms with van der Waals surface area (Å²) in [4.78, 5) is 11.2. The molecule has 0 unspecified atom stereocenters. The SMILES string of the molecule is CC(=O)SC[Si](OC(C)C)(OC(C)C)OC(C)C. The Balaban J connectivity index is 4.91. The van der Waals surface area contributed by atoms with Gasteiger partial charge in [-0.15, -0.1) is 0 Å². The van der Waals surface area contributed by atoms with Gasteiger partial charge in [-0.25, -0.2) is 0 Å². The van der Waals surface area contributed by atoms with E-state index >= 15 is 0 Å². The van der Waals surface area contributed by atoms with Crippen LogP contribution in [0, 0.1) is 0 Å². The van der Waals surface area contributed by atoms with Crippen LogP contribution in [-0.4, -0.2) is 37.6 Å². The first-order valence-electron chi connectivity index (χ1n) is 6.33. The first-order chi connectivity index (χ1) is 8.17. The Morgan fingerprint density at radius 2 is 1.28 bits per heavy atom. The average molecular weight is 294 g/mol. The minimum Gasteiger partial charge on any atom is -0.370 e. The van der Waals surface area contributed by atoms with Crippen LogP contribution in [0.15, 0.2) is 0 Å². The molecule has 0 bridgehead atoms. The van der Waals surface area contributed by atoms with Gasteiger partial charge in [0.15, 0.2) is 5.12 Å². The number of hydrogen-bond acceptors (Lipinski definition) is 5. The van der Waals surface area contributed by atoms with Crippen molar-refractivity contribution in [2.75, 3.05) is 5.38 Å². The standard InChI is InChI=1S/C12H26O4SSi/c1-9(2)14-18(15-10(3)4,16-11(5)6)8-17-12(7)13/h9-11H,8H2,1-7H3. The van der Waals surface area contributed by atoms with Gasteiger partial charge >= 0.3 is 8.80 Å². The van der Waals surface area contributed by atoms with E-state index in [2.05, 4.69) is 0 Å². The van der Waals surface area contributed by atoms with Crippen LogP contribution in [0.3, 0.4) is 0 Å². The maximum absolute atomic E-state index is 11.2. The van der Waals surface area contributed by atoms with Crippen LogP contribution in [0.5, 0.6) is 0 Å². The molecule has 0 radical (unpaired) electrons. The molecule has 18 heavy (non-hydrogen) atoms. The zero-order valence-corrected chi connectivity index (χ0v) is 14.3. The van der Waals surface area contributed by atoms with Crippen molar-refractivity contribution in [1.82, 2.24) is 0 Å². The molecule has 6 heteroatoms. The molecule has 108 valence electrons. The quantitative estimate of drug-likeness (QED) is 0.644. The van der Waals surface area contributed by atoms with Crippen molar-refractivity contribution in [3.05, 3.63) is 0 Å². The van der Waals surface area contributed by atoms with Crippen molar-refractivity contribution < 1.29 is 18.1 Å². The monoisotopic (exact) mass is 294 g/mol. The lowest BCUT2D eigenvalue weighted by molar-refractivity contribution is -0.109. The fraction of sp³-hybridized carbons (Fsp3) is 0.917.